The van der Waals surface area contributed by atoms with Gasteiger partial charge >= 0.3 is 0 Å². The highest BCUT2D eigenvalue weighted by atomic mass is 79.9. The summed E-state index contributed by atoms with van der Waals surface area (Å²) in [7, 11) is 0. The summed E-state index contributed by atoms with van der Waals surface area (Å²) in [6.07, 6.45) is 1.71. The quantitative estimate of drug-likeness (QED) is 0.849. The van der Waals surface area contributed by atoms with E-state index < -0.39 is 0 Å². The van der Waals surface area contributed by atoms with Crippen LogP contribution in [0.25, 0.3) is 0 Å². The molecule has 1 aromatic carbocycles. The van der Waals surface area contributed by atoms with Crippen molar-refractivity contribution in [3.05, 3.63) is 50.8 Å². The number of hydrogen-bond acceptors (Lipinski definition) is 2. The van der Waals surface area contributed by atoms with E-state index in [1.54, 1.807) is 0 Å². The molecule has 1 aromatic heterocycles. The van der Waals surface area contributed by atoms with Crippen LogP contribution in [0.3, 0.4) is 0 Å². The Hall–Kier alpha value is -0.800. The molecule has 16 heavy (non-hydrogen) atoms. The Morgan fingerprint density at radius 3 is 2.81 bits per heavy atom. The molecule has 0 saturated carbocycles. The summed E-state index contributed by atoms with van der Waals surface area (Å²) in [4.78, 5) is 0. The zero-order valence-electron chi connectivity index (χ0n) is 8.84. The summed E-state index contributed by atoms with van der Waals surface area (Å²) in [5, 5.41) is 4.75. The predicted octanol–water partition coefficient (Wildman–Crippen LogP) is 4.18. The van der Waals surface area contributed by atoms with Gasteiger partial charge in [0.25, 0.3) is 0 Å². The maximum absolute atomic E-state index is 6.10. The van der Waals surface area contributed by atoms with Gasteiger partial charge in [0.15, 0.2) is 0 Å². The van der Waals surface area contributed by atoms with Gasteiger partial charge in [0.2, 0.25) is 0 Å². The largest absolute Gasteiger partial charge is 0.361 e. The minimum atomic E-state index is 0.795. The minimum absolute atomic E-state index is 0.795. The molecule has 0 fully saturated rings. The van der Waals surface area contributed by atoms with Crippen molar-refractivity contribution >= 4 is 27.5 Å². The lowest BCUT2D eigenvalue weighted by Gasteiger charge is -2.03. The first-order valence-electron chi connectivity index (χ1n) is 5.01. The van der Waals surface area contributed by atoms with E-state index in [-0.39, 0.29) is 0 Å². The van der Waals surface area contributed by atoms with Crippen LogP contribution >= 0.6 is 27.5 Å². The Kier molecular flexibility index (Phi) is 3.66. The van der Waals surface area contributed by atoms with Crippen LogP contribution in [-0.4, -0.2) is 5.16 Å². The average molecular weight is 301 g/mol. The fraction of sp³-hybridized carbons (Fsp3) is 0.250. The molecule has 0 bridgehead atoms. The Morgan fingerprint density at radius 1 is 1.31 bits per heavy atom. The maximum Gasteiger partial charge on any atom is 0.133 e. The molecule has 0 atom stereocenters. The second kappa shape index (κ2) is 5.02. The second-order valence-electron chi connectivity index (χ2n) is 3.66. The standard InChI is InChI=1S/C12H11BrClNO/c1-8-6-11(15-16-8)4-2-9-7-10(13)3-5-12(9)14/h3,5-7H,2,4H2,1H3. The Bertz CT molecular complexity index is 496. The number of aromatic nitrogens is 1. The van der Waals surface area contributed by atoms with Crippen LogP contribution in [0.5, 0.6) is 0 Å². The fourth-order valence-corrected chi connectivity index (χ4v) is 2.15. The molecule has 0 amide bonds. The molecule has 0 aliphatic carbocycles. The molecule has 2 aromatic rings. The molecule has 2 nitrogen and oxygen atoms in total. The Labute approximate surface area is 108 Å². The zero-order valence-corrected chi connectivity index (χ0v) is 11.2. The van der Waals surface area contributed by atoms with Gasteiger partial charge < -0.3 is 4.52 Å². The number of halogens is 2. The van der Waals surface area contributed by atoms with Crippen LogP contribution in [0, 0.1) is 6.92 Å². The normalized spacial score (nSPS) is 10.7. The number of benzene rings is 1. The molecule has 0 radical (unpaired) electrons. The highest BCUT2D eigenvalue weighted by molar-refractivity contribution is 9.10. The first-order valence-corrected chi connectivity index (χ1v) is 6.18. The van der Waals surface area contributed by atoms with Gasteiger partial charge in [-0.3, -0.25) is 0 Å². The third-order valence-electron chi connectivity index (χ3n) is 2.34. The van der Waals surface area contributed by atoms with Crippen LogP contribution in [0.4, 0.5) is 0 Å². The highest BCUT2D eigenvalue weighted by Crippen LogP contribution is 2.22. The smallest absolute Gasteiger partial charge is 0.133 e. The van der Waals surface area contributed by atoms with Gasteiger partial charge in [-0.05, 0) is 43.5 Å². The number of rotatable bonds is 3. The molecular weight excluding hydrogens is 289 g/mol. The first kappa shape index (κ1) is 11.7. The molecule has 0 saturated heterocycles. The van der Waals surface area contributed by atoms with Crippen LogP contribution in [0.15, 0.2) is 33.3 Å². The summed E-state index contributed by atoms with van der Waals surface area (Å²) in [5.74, 6) is 0.843. The van der Waals surface area contributed by atoms with Crippen LogP contribution in [-0.2, 0) is 12.8 Å². The highest BCUT2D eigenvalue weighted by Gasteiger charge is 2.04. The monoisotopic (exact) mass is 299 g/mol. The van der Waals surface area contributed by atoms with Crippen molar-refractivity contribution in [3.63, 3.8) is 0 Å². The van der Waals surface area contributed by atoms with Crippen LogP contribution in [0.2, 0.25) is 5.02 Å². The Morgan fingerprint density at radius 2 is 2.12 bits per heavy atom. The number of hydrogen-bond donors (Lipinski definition) is 0. The van der Waals surface area contributed by atoms with Crippen molar-refractivity contribution in [1.82, 2.24) is 5.16 Å². The van der Waals surface area contributed by atoms with Gasteiger partial charge in [-0.1, -0.05) is 32.7 Å². The second-order valence-corrected chi connectivity index (χ2v) is 4.99. The lowest BCUT2D eigenvalue weighted by molar-refractivity contribution is 0.390. The van der Waals surface area contributed by atoms with Crippen LogP contribution in [0.1, 0.15) is 17.0 Å². The summed E-state index contributed by atoms with van der Waals surface area (Å²) >= 11 is 9.54. The van der Waals surface area contributed by atoms with Gasteiger partial charge in [0.1, 0.15) is 5.76 Å². The van der Waals surface area contributed by atoms with E-state index in [1.807, 2.05) is 31.2 Å². The van der Waals surface area contributed by atoms with E-state index in [9.17, 15) is 0 Å². The molecule has 0 N–H and O–H groups in total. The summed E-state index contributed by atoms with van der Waals surface area (Å²) < 4.78 is 6.06. The van der Waals surface area contributed by atoms with E-state index in [1.165, 1.54) is 0 Å². The summed E-state index contributed by atoms with van der Waals surface area (Å²) in [6, 6.07) is 7.82. The zero-order chi connectivity index (χ0) is 11.5. The van der Waals surface area contributed by atoms with Gasteiger partial charge in [-0.15, -0.1) is 0 Å². The van der Waals surface area contributed by atoms with E-state index >= 15 is 0 Å². The van der Waals surface area contributed by atoms with Gasteiger partial charge in [-0.2, -0.15) is 0 Å². The van der Waals surface area contributed by atoms with E-state index in [4.69, 9.17) is 16.1 Å². The Balaban J connectivity index is 2.07. The summed E-state index contributed by atoms with van der Waals surface area (Å²) in [6.45, 7) is 1.89. The van der Waals surface area contributed by atoms with Crippen molar-refractivity contribution in [2.75, 3.05) is 0 Å². The molecule has 0 aliphatic heterocycles. The fourth-order valence-electron chi connectivity index (χ4n) is 1.53. The SMILES string of the molecule is Cc1cc(CCc2cc(Br)ccc2Cl)no1. The third kappa shape index (κ3) is 2.86. The van der Waals surface area contributed by atoms with Crippen LogP contribution < -0.4 is 0 Å². The van der Waals surface area contributed by atoms with Crippen molar-refractivity contribution < 1.29 is 4.52 Å². The van der Waals surface area contributed by atoms with Crippen molar-refractivity contribution in [2.24, 2.45) is 0 Å². The molecule has 84 valence electrons. The molecule has 0 spiro atoms. The first-order chi connectivity index (χ1) is 7.65. The van der Waals surface area contributed by atoms with Crippen molar-refractivity contribution in [2.45, 2.75) is 19.8 Å². The molecule has 2 rings (SSSR count). The maximum atomic E-state index is 6.10. The molecule has 0 unspecified atom stereocenters. The third-order valence-corrected chi connectivity index (χ3v) is 3.20. The number of aryl methyl sites for hydroxylation is 3. The number of nitrogens with zero attached hydrogens (tertiary/aromatic N) is 1. The minimum Gasteiger partial charge on any atom is -0.361 e. The lowest BCUT2D eigenvalue weighted by atomic mass is 10.1. The van der Waals surface area contributed by atoms with E-state index in [2.05, 4.69) is 21.1 Å². The molecule has 1 heterocycles. The van der Waals surface area contributed by atoms with Gasteiger partial charge in [0, 0.05) is 15.6 Å². The molecule has 0 aliphatic rings. The van der Waals surface area contributed by atoms with Gasteiger partial charge in [-0.25, -0.2) is 0 Å². The van der Waals surface area contributed by atoms with E-state index in [0.29, 0.717) is 0 Å². The molecule has 4 heteroatoms. The predicted molar refractivity (Wildman–Crippen MR) is 67.8 cm³/mol. The van der Waals surface area contributed by atoms with Crippen molar-refractivity contribution in [3.8, 4) is 0 Å². The van der Waals surface area contributed by atoms with E-state index in [0.717, 1.165) is 39.4 Å². The lowest BCUT2D eigenvalue weighted by Crippen LogP contribution is -1.92. The topological polar surface area (TPSA) is 26.0 Å². The van der Waals surface area contributed by atoms with Gasteiger partial charge in [0.05, 0.1) is 5.69 Å². The average Bonchev–Trinajstić information content (AvgIpc) is 2.66. The van der Waals surface area contributed by atoms with Crippen molar-refractivity contribution in [1.29, 1.82) is 0 Å². The molecular formula is C12H11BrClNO. The summed E-state index contributed by atoms with van der Waals surface area (Å²) in [5.41, 5.74) is 2.09.